The van der Waals surface area contributed by atoms with Crippen molar-refractivity contribution >= 4 is 5.91 Å². The molecule has 3 atom stereocenters. The van der Waals surface area contributed by atoms with E-state index in [0.29, 0.717) is 24.9 Å². The number of nitrogens with one attached hydrogen (secondary N) is 1. The number of hydrogen-bond donors (Lipinski definition) is 1. The Labute approximate surface area is 157 Å². The molecule has 1 amide bonds. The SMILES string of the molecule is CN(C)C(=O)[C@H]1C[C@@H](NCc2cc(F)cc(F)c2)C[C@@H]1c1ccc(F)cc1. The maximum absolute atomic E-state index is 13.4. The Bertz CT molecular complexity index is 787. The number of hydrogen-bond acceptors (Lipinski definition) is 2. The lowest BCUT2D eigenvalue weighted by molar-refractivity contribution is -0.133. The molecule has 144 valence electrons. The quantitative estimate of drug-likeness (QED) is 0.860. The summed E-state index contributed by atoms with van der Waals surface area (Å²) in [6.45, 7) is 0.318. The van der Waals surface area contributed by atoms with Gasteiger partial charge in [-0.25, -0.2) is 13.2 Å². The van der Waals surface area contributed by atoms with Gasteiger partial charge in [-0.1, -0.05) is 12.1 Å². The van der Waals surface area contributed by atoms with Crippen LogP contribution in [0.5, 0.6) is 0 Å². The number of halogens is 3. The number of carbonyl (C=O) groups is 1. The predicted molar refractivity (Wildman–Crippen MR) is 97.5 cm³/mol. The molecule has 3 nitrogen and oxygen atoms in total. The molecule has 0 saturated heterocycles. The molecule has 6 heteroatoms. The lowest BCUT2D eigenvalue weighted by Crippen LogP contribution is -2.32. The summed E-state index contributed by atoms with van der Waals surface area (Å²) in [5, 5.41) is 3.31. The van der Waals surface area contributed by atoms with E-state index in [4.69, 9.17) is 0 Å². The van der Waals surface area contributed by atoms with Gasteiger partial charge in [-0.3, -0.25) is 4.79 Å². The molecule has 2 aromatic carbocycles. The van der Waals surface area contributed by atoms with E-state index in [-0.39, 0.29) is 29.6 Å². The molecule has 1 fully saturated rings. The molecular weight excluding hydrogens is 353 g/mol. The van der Waals surface area contributed by atoms with Gasteiger partial charge in [0.1, 0.15) is 17.5 Å². The average molecular weight is 376 g/mol. The second-order valence-electron chi connectivity index (χ2n) is 7.32. The molecule has 27 heavy (non-hydrogen) atoms. The summed E-state index contributed by atoms with van der Waals surface area (Å²) in [4.78, 5) is 14.2. The van der Waals surface area contributed by atoms with Crippen molar-refractivity contribution in [2.75, 3.05) is 14.1 Å². The van der Waals surface area contributed by atoms with Crippen LogP contribution in [0.1, 0.15) is 29.9 Å². The van der Waals surface area contributed by atoms with Gasteiger partial charge < -0.3 is 10.2 Å². The van der Waals surface area contributed by atoms with E-state index in [1.807, 2.05) is 0 Å². The normalized spacial score (nSPS) is 22.0. The molecule has 0 heterocycles. The maximum atomic E-state index is 13.4. The number of carbonyl (C=O) groups excluding carboxylic acids is 1. The van der Waals surface area contributed by atoms with Crippen LogP contribution in [0.25, 0.3) is 0 Å². The molecule has 0 radical (unpaired) electrons. The Morgan fingerprint density at radius 1 is 1.00 bits per heavy atom. The summed E-state index contributed by atoms with van der Waals surface area (Å²) < 4.78 is 40.0. The van der Waals surface area contributed by atoms with Crippen LogP contribution in [0, 0.1) is 23.4 Å². The minimum atomic E-state index is -0.608. The van der Waals surface area contributed by atoms with E-state index in [2.05, 4.69) is 5.32 Å². The fourth-order valence-corrected chi connectivity index (χ4v) is 3.86. The molecule has 2 aromatic rings. The first-order valence-corrected chi connectivity index (χ1v) is 8.98. The number of rotatable bonds is 5. The van der Waals surface area contributed by atoms with Gasteiger partial charge in [0.05, 0.1) is 0 Å². The van der Waals surface area contributed by atoms with Gasteiger partial charge in [-0.15, -0.1) is 0 Å². The highest BCUT2D eigenvalue weighted by Gasteiger charge is 2.40. The Kier molecular flexibility index (Phi) is 5.85. The largest absolute Gasteiger partial charge is 0.349 e. The van der Waals surface area contributed by atoms with Crippen molar-refractivity contribution in [3.63, 3.8) is 0 Å². The van der Waals surface area contributed by atoms with Crippen LogP contribution in [0.2, 0.25) is 0 Å². The first-order chi connectivity index (χ1) is 12.8. The Morgan fingerprint density at radius 2 is 1.63 bits per heavy atom. The van der Waals surface area contributed by atoms with Crippen LogP contribution >= 0.6 is 0 Å². The van der Waals surface area contributed by atoms with Crippen molar-refractivity contribution in [1.29, 1.82) is 0 Å². The summed E-state index contributed by atoms with van der Waals surface area (Å²) in [6.07, 6.45) is 1.32. The highest BCUT2D eigenvalue weighted by atomic mass is 19.1. The van der Waals surface area contributed by atoms with Crippen molar-refractivity contribution in [2.24, 2.45) is 5.92 Å². The molecule has 1 aliphatic carbocycles. The number of benzene rings is 2. The molecule has 1 saturated carbocycles. The van der Waals surface area contributed by atoms with Crippen molar-refractivity contribution in [3.8, 4) is 0 Å². The molecular formula is C21H23F3N2O. The zero-order valence-corrected chi connectivity index (χ0v) is 15.4. The second-order valence-corrected chi connectivity index (χ2v) is 7.32. The van der Waals surface area contributed by atoms with Crippen LogP contribution in [0.4, 0.5) is 13.2 Å². The minimum Gasteiger partial charge on any atom is -0.349 e. The molecule has 0 spiro atoms. The Morgan fingerprint density at radius 3 is 2.22 bits per heavy atom. The lowest BCUT2D eigenvalue weighted by Gasteiger charge is -2.22. The maximum Gasteiger partial charge on any atom is 0.225 e. The van der Waals surface area contributed by atoms with E-state index >= 15 is 0 Å². The first kappa shape index (κ1) is 19.4. The van der Waals surface area contributed by atoms with Crippen LogP contribution in [0.15, 0.2) is 42.5 Å². The third-order valence-corrected chi connectivity index (χ3v) is 5.14. The summed E-state index contributed by atoms with van der Waals surface area (Å²) in [7, 11) is 3.45. The van der Waals surface area contributed by atoms with Gasteiger partial charge in [0.15, 0.2) is 0 Å². The summed E-state index contributed by atoms with van der Waals surface area (Å²) in [6, 6.07) is 9.72. The first-order valence-electron chi connectivity index (χ1n) is 8.98. The highest BCUT2D eigenvalue weighted by molar-refractivity contribution is 5.80. The van der Waals surface area contributed by atoms with Crippen LogP contribution < -0.4 is 5.32 Å². The molecule has 0 aromatic heterocycles. The standard InChI is InChI=1S/C21H23F3N2O/c1-26(2)21(27)20-11-18(10-19(20)14-3-5-15(22)6-4-14)25-12-13-7-16(23)9-17(24)8-13/h3-9,18-20,25H,10-12H2,1-2H3/t18-,19+,20-/m0/s1. The van der Waals surface area contributed by atoms with Crippen LogP contribution in [-0.2, 0) is 11.3 Å². The van der Waals surface area contributed by atoms with Gasteiger partial charge in [0, 0.05) is 38.7 Å². The number of nitrogens with zero attached hydrogens (tertiary/aromatic N) is 1. The predicted octanol–water partition coefficient (Wildman–Crippen LogP) is 3.84. The molecule has 3 rings (SSSR count). The van der Waals surface area contributed by atoms with E-state index in [1.54, 1.807) is 31.1 Å². The fourth-order valence-electron chi connectivity index (χ4n) is 3.86. The van der Waals surface area contributed by atoms with Gasteiger partial charge in [0.2, 0.25) is 5.91 Å². The monoisotopic (exact) mass is 376 g/mol. The Balaban J connectivity index is 1.74. The van der Waals surface area contributed by atoms with Crippen molar-refractivity contribution in [2.45, 2.75) is 31.3 Å². The zero-order valence-electron chi connectivity index (χ0n) is 15.4. The zero-order chi connectivity index (χ0) is 19.6. The molecule has 1 N–H and O–H groups in total. The molecule has 0 unspecified atom stereocenters. The highest BCUT2D eigenvalue weighted by Crippen LogP contribution is 2.40. The summed E-state index contributed by atoms with van der Waals surface area (Å²) in [5.41, 5.74) is 1.45. The molecule has 0 bridgehead atoms. The number of amides is 1. The van der Waals surface area contributed by atoms with Crippen LogP contribution in [0.3, 0.4) is 0 Å². The van der Waals surface area contributed by atoms with E-state index < -0.39 is 11.6 Å². The lowest BCUT2D eigenvalue weighted by atomic mass is 9.88. The second kappa shape index (κ2) is 8.13. The Hall–Kier alpha value is -2.34. The minimum absolute atomic E-state index is 0.0257. The summed E-state index contributed by atoms with van der Waals surface area (Å²) >= 11 is 0. The van der Waals surface area contributed by atoms with Gasteiger partial charge in [-0.05, 0) is 54.2 Å². The van der Waals surface area contributed by atoms with Gasteiger partial charge in [0.25, 0.3) is 0 Å². The van der Waals surface area contributed by atoms with Crippen molar-refractivity contribution in [1.82, 2.24) is 10.2 Å². The topological polar surface area (TPSA) is 32.3 Å². The third-order valence-electron chi connectivity index (χ3n) is 5.14. The van der Waals surface area contributed by atoms with Crippen LogP contribution in [-0.4, -0.2) is 30.9 Å². The fraction of sp³-hybridized carbons (Fsp3) is 0.381. The van der Waals surface area contributed by atoms with E-state index in [9.17, 15) is 18.0 Å². The van der Waals surface area contributed by atoms with Crippen molar-refractivity contribution < 1.29 is 18.0 Å². The summed E-state index contributed by atoms with van der Waals surface area (Å²) in [5.74, 6) is -1.74. The molecule has 0 aliphatic heterocycles. The van der Waals surface area contributed by atoms with E-state index in [0.717, 1.165) is 11.6 Å². The molecule has 1 aliphatic rings. The van der Waals surface area contributed by atoms with E-state index in [1.165, 1.54) is 24.3 Å². The van der Waals surface area contributed by atoms with Crippen molar-refractivity contribution in [3.05, 3.63) is 71.0 Å². The third kappa shape index (κ3) is 4.69. The smallest absolute Gasteiger partial charge is 0.225 e. The van der Waals surface area contributed by atoms with Gasteiger partial charge >= 0.3 is 0 Å². The van der Waals surface area contributed by atoms with Gasteiger partial charge in [-0.2, -0.15) is 0 Å². The average Bonchev–Trinajstić information content (AvgIpc) is 3.03.